The minimum Gasteiger partial charge on any atom is -0.352 e. The van der Waals surface area contributed by atoms with Crippen LogP contribution in [0.4, 0.5) is 5.82 Å². The standard InChI is InChI=1S/C18H27N5O.C2H6/c24-18(15-3-2-8-23(14-15)16-4-1-5-16)22-11-9-21(10-12-22)17-13-19-6-7-20-17;1-2/h6-7,13,15-16H,1-5,8-12,14H2;1-2H3. The second kappa shape index (κ2) is 9.31. The summed E-state index contributed by atoms with van der Waals surface area (Å²) in [5, 5.41) is 0. The van der Waals surface area contributed by atoms with Crippen molar-refractivity contribution in [1.29, 1.82) is 0 Å². The van der Waals surface area contributed by atoms with Crippen LogP contribution in [0.2, 0.25) is 0 Å². The maximum absolute atomic E-state index is 12.9. The first-order valence-corrected chi connectivity index (χ1v) is 10.3. The Bertz CT molecular complexity index is 555. The summed E-state index contributed by atoms with van der Waals surface area (Å²) in [6, 6.07) is 0.758. The van der Waals surface area contributed by atoms with Crippen LogP contribution in [0.25, 0.3) is 0 Å². The third-order valence-electron chi connectivity index (χ3n) is 5.86. The molecule has 3 heterocycles. The Morgan fingerprint density at radius 2 is 1.77 bits per heavy atom. The number of amides is 1. The van der Waals surface area contributed by atoms with Gasteiger partial charge in [-0.15, -0.1) is 0 Å². The van der Waals surface area contributed by atoms with Gasteiger partial charge in [0.2, 0.25) is 5.91 Å². The molecule has 1 unspecified atom stereocenters. The third kappa shape index (κ3) is 4.34. The van der Waals surface area contributed by atoms with Gasteiger partial charge in [-0.2, -0.15) is 0 Å². The minimum absolute atomic E-state index is 0.211. The molecule has 0 aromatic carbocycles. The van der Waals surface area contributed by atoms with Crippen LogP contribution in [0.5, 0.6) is 0 Å². The lowest BCUT2D eigenvalue weighted by Gasteiger charge is -2.43. The summed E-state index contributed by atoms with van der Waals surface area (Å²) in [4.78, 5) is 28.3. The second-order valence-electron chi connectivity index (χ2n) is 7.29. The number of piperazine rings is 1. The fourth-order valence-corrected chi connectivity index (χ4v) is 4.16. The first kappa shape index (κ1) is 19.1. The molecule has 6 heteroatoms. The van der Waals surface area contributed by atoms with Gasteiger partial charge in [0.25, 0.3) is 0 Å². The summed E-state index contributed by atoms with van der Waals surface area (Å²) >= 11 is 0. The first-order valence-electron chi connectivity index (χ1n) is 10.3. The van der Waals surface area contributed by atoms with Crippen molar-refractivity contribution in [3.63, 3.8) is 0 Å². The second-order valence-corrected chi connectivity index (χ2v) is 7.29. The van der Waals surface area contributed by atoms with Crippen molar-refractivity contribution in [3.8, 4) is 0 Å². The Morgan fingerprint density at radius 1 is 1.00 bits per heavy atom. The minimum atomic E-state index is 0.211. The van der Waals surface area contributed by atoms with Gasteiger partial charge >= 0.3 is 0 Å². The number of aromatic nitrogens is 2. The van der Waals surface area contributed by atoms with Gasteiger partial charge in [-0.3, -0.25) is 14.7 Å². The number of carbonyl (C=O) groups is 1. The van der Waals surface area contributed by atoms with E-state index in [1.165, 1.54) is 32.2 Å². The van der Waals surface area contributed by atoms with Crippen LogP contribution < -0.4 is 4.90 Å². The Hall–Kier alpha value is -1.69. The van der Waals surface area contributed by atoms with E-state index in [-0.39, 0.29) is 5.92 Å². The Kier molecular flexibility index (Phi) is 6.83. The molecular formula is C20H33N5O. The SMILES string of the molecule is CC.O=C(C1CCCN(C2CCC2)C1)N1CCN(c2cnccn2)CC1. The van der Waals surface area contributed by atoms with Crippen LogP contribution in [0.15, 0.2) is 18.6 Å². The third-order valence-corrected chi connectivity index (χ3v) is 5.86. The molecule has 1 aromatic heterocycles. The average Bonchev–Trinajstić information content (AvgIpc) is 2.69. The molecule has 1 aromatic rings. The van der Waals surface area contributed by atoms with Crippen LogP contribution in [-0.2, 0) is 4.79 Å². The van der Waals surface area contributed by atoms with Crippen molar-refractivity contribution in [2.45, 2.75) is 52.0 Å². The molecule has 0 bridgehead atoms. The van der Waals surface area contributed by atoms with Crippen molar-refractivity contribution in [2.24, 2.45) is 5.92 Å². The highest BCUT2D eigenvalue weighted by Gasteiger charge is 2.34. The molecule has 2 saturated heterocycles. The van der Waals surface area contributed by atoms with E-state index in [4.69, 9.17) is 0 Å². The summed E-state index contributed by atoms with van der Waals surface area (Å²) in [6.45, 7) is 9.47. The molecule has 2 aliphatic heterocycles. The number of nitrogens with zero attached hydrogens (tertiary/aromatic N) is 5. The van der Waals surface area contributed by atoms with Gasteiger partial charge in [0.15, 0.2) is 0 Å². The average molecular weight is 360 g/mol. The maximum Gasteiger partial charge on any atom is 0.227 e. The van der Waals surface area contributed by atoms with Crippen LogP contribution >= 0.6 is 0 Å². The topological polar surface area (TPSA) is 52.6 Å². The first-order chi connectivity index (χ1) is 12.8. The summed E-state index contributed by atoms with van der Waals surface area (Å²) in [6.07, 6.45) is 11.5. The largest absolute Gasteiger partial charge is 0.352 e. The predicted octanol–water partition coefficient (Wildman–Crippen LogP) is 2.42. The van der Waals surface area contributed by atoms with E-state index in [0.29, 0.717) is 5.91 Å². The van der Waals surface area contributed by atoms with Crippen LogP contribution in [-0.4, -0.2) is 71.0 Å². The van der Waals surface area contributed by atoms with E-state index in [1.807, 2.05) is 13.8 Å². The highest BCUT2D eigenvalue weighted by molar-refractivity contribution is 5.79. The van der Waals surface area contributed by atoms with E-state index < -0.39 is 0 Å². The van der Waals surface area contributed by atoms with E-state index in [1.54, 1.807) is 18.6 Å². The van der Waals surface area contributed by atoms with Crippen LogP contribution in [0.1, 0.15) is 46.0 Å². The molecule has 0 spiro atoms. The number of likely N-dealkylation sites (tertiary alicyclic amines) is 1. The molecule has 0 N–H and O–H groups in total. The number of anilines is 1. The zero-order valence-corrected chi connectivity index (χ0v) is 16.3. The molecule has 6 nitrogen and oxygen atoms in total. The number of hydrogen-bond acceptors (Lipinski definition) is 5. The zero-order valence-electron chi connectivity index (χ0n) is 16.3. The molecule has 1 atom stereocenters. The molecule has 3 aliphatic rings. The number of piperidine rings is 1. The molecule has 144 valence electrons. The van der Waals surface area contributed by atoms with Gasteiger partial charge in [0.05, 0.1) is 12.1 Å². The molecule has 0 radical (unpaired) electrons. The van der Waals surface area contributed by atoms with E-state index in [2.05, 4.69) is 24.7 Å². The highest BCUT2D eigenvalue weighted by Crippen LogP contribution is 2.30. The van der Waals surface area contributed by atoms with Crippen molar-refractivity contribution in [3.05, 3.63) is 18.6 Å². The smallest absolute Gasteiger partial charge is 0.227 e. The molecule has 26 heavy (non-hydrogen) atoms. The zero-order chi connectivity index (χ0) is 18.4. The van der Waals surface area contributed by atoms with Gasteiger partial charge < -0.3 is 9.80 Å². The molecule has 1 saturated carbocycles. The highest BCUT2D eigenvalue weighted by atomic mass is 16.2. The summed E-state index contributed by atoms with van der Waals surface area (Å²) in [5.41, 5.74) is 0. The lowest BCUT2D eigenvalue weighted by atomic mass is 9.87. The summed E-state index contributed by atoms with van der Waals surface area (Å²) < 4.78 is 0. The van der Waals surface area contributed by atoms with Gasteiger partial charge in [-0.05, 0) is 32.2 Å². The Morgan fingerprint density at radius 3 is 2.38 bits per heavy atom. The van der Waals surface area contributed by atoms with Crippen molar-refractivity contribution < 1.29 is 4.79 Å². The van der Waals surface area contributed by atoms with Crippen LogP contribution in [0, 0.1) is 5.92 Å². The van der Waals surface area contributed by atoms with E-state index >= 15 is 0 Å². The maximum atomic E-state index is 12.9. The van der Waals surface area contributed by atoms with E-state index in [9.17, 15) is 4.79 Å². The lowest BCUT2D eigenvalue weighted by Crippen LogP contribution is -2.54. The number of rotatable bonds is 3. The van der Waals surface area contributed by atoms with Crippen molar-refractivity contribution >= 4 is 11.7 Å². The van der Waals surface area contributed by atoms with Gasteiger partial charge in [-0.1, -0.05) is 20.3 Å². The fraction of sp³-hybridized carbons (Fsp3) is 0.750. The molecule has 4 rings (SSSR count). The Labute approximate surface area is 157 Å². The molecule has 3 fully saturated rings. The van der Waals surface area contributed by atoms with Gasteiger partial charge in [0, 0.05) is 51.2 Å². The summed E-state index contributed by atoms with van der Waals surface area (Å²) in [7, 11) is 0. The molecular weight excluding hydrogens is 326 g/mol. The number of hydrogen-bond donors (Lipinski definition) is 0. The van der Waals surface area contributed by atoms with Gasteiger partial charge in [-0.25, -0.2) is 4.98 Å². The fourth-order valence-electron chi connectivity index (χ4n) is 4.16. The molecule has 1 amide bonds. The van der Waals surface area contributed by atoms with Gasteiger partial charge in [0.1, 0.15) is 5.82 Å². The van der Waals surface area contributed by atoms with Crippen molar-refractivity contribution in [1.82, 2.24) is 19.8 Å². The van der Waals surface area contributed by atoms with E-state index in [0.717, 1.165) is 51.0 Å². The summed E-state index contributed by atoms with van der Waals surface area (Å²) in [5.74, 6) is 1.50. The van der Waals surface area contributed by atoms with Crippen molar-refractivity contribution in [2.75, 3.05) is 44.2 Å². The molecule has 1 aliphatic carbocycles. The van der Waals surface area contributed by atoms with Crippen LogP contribution in [0.3, 0.4) is 0 Å². The predicted molar refractivity (Wildman–Crippen MR) is 104 cm³/mol. The lowest BCUT2D eigenvalue weighted by molar-refractivity contribution is -0.138. The number of carbonyl (C=O) groups excluding carboxylic acids is 1. The normalized spacial score (nSPS) is 24.5. The quantitative estimate of drug-likeness (QED) is 0.830. The Balaban J connectivity index is 0.000000948. The monoisotopic (exact) mass is 359 g/mol.